The maximum atomic E-state index is 12.1. The second-order valence-electron chi connectivity index (χ2n) is 4.68. The van der Waals surface area contributed by atoms with Crippen LogP contribution in [-0.2, 0) is 4.79 Å². The molecule has 1 aromatic carbocycles. The smallest absolute Gasteiger partial charge is 0.244 e. The van der Waals surface area contributed by atoms with Gasteiger partial charge in [-0.05, 0) is 37.7 Å². The van der Waals surface area contributed by atoms with E-state index in [1.54, 1.807) is 19.0 Å². The highest BCUT2D eigenvalue weighted by Crippen LogP contribution is 2.23. The van der Waals surface area contributed by atoms with E-state index in [0.29, 0.717) is 4.77 Å². The van der Waals surface area contributed by atoms with Gasteiger partial charge in [0.25, 0.3) is 0 Å². The molecule has 0 aliphatic heterocycles. The van der Waals surface area contributed by atoms with E-state index in [-0.39, 0.29) is 11.9 Å². The van der Waals surface area contributed by atoms with E-state index < -0.39 is 0 Å². The van der Waals surface area contributed by atoms with E-state index in [1.807, 2.05) is 36.6 Å². The lowest BCUT2D eigenvalue weighted by molar-refractivity contribution is -0.131. The number of para-hydroxylation sites is 1. The zero-order valence-corrected chi connectivity index (χ0v) is 11.8. The van der Waals surface area contributed by atoms with Gasteiger partial charge in [0, 0.05) is 14.1 Å². The number of nitrogens with one attached hydrogen (secondary N) is 1. The summed E-state index contributed by atoms with van der Waals surface area (Å²) in [5, 5.41) is 0. The summed E-state index contributed by atoms with van der Waals surface area (Å²) in [5.41, 5.74) is 3.09. The number of amides is 1. The molecule has 2 rings (SSSR count). The number of rotatable bonds is 2. The molecule has 2 aromatic rings. The minimum Gasteiger partial charge on any atom is -0.347 e. The summed E-state index contributed by atoms with van der Waals surface area (Å²) >= 11 is 5.33. The molecule has 0 aliphatic carbocycles. The van der Waals surface area contributed by atoms with Gasteiger partial charge in [0.1, 0.15) is 6.04 Å². The Morgan fingerprint density at radius 1 is 1.44 bits per heavy atom. The van der Waals surface area contributed by atoms with Crippen LogP contribution >= 0.6 is 12.2 Å². The number of carbonyl (C=O) groups excluding carboxylic acids is 1. The Kier molecular flexibility index (Phi) is 3.26. The van der Waals surface area contributed by atoms with Crippen molar-refractivity contribution in [3.8, 4) is 0 Å². The first kappa shape index (κ1) is 12.8. The molecule has 1 unspecified atom stereocenters. The van der Waals surface area contributed by atoms with Gasteiger partial charge in [-0.1, -0.05) is 12.1 Å². The minimum atomic E-state index is -0.303. The average molecular weight is 263 g/mol. The summed E-state index contributed by atoms with van der Waals surface area (Å²) in [6.45, 7) is 3.89. The normalized spacial score (nSPS) is 12.7. The third-order valence-electron chi connectivity index (χ3n) is 3.12. The van der Waals surface area contributed by atoms with Crippen molar-refractivity contribution in [3.05, 3.63) is 28.5 Å². The van der Waals surface area contributed by atoms with Gasteiger partial charge >= 0.3 is 0 Å². The number of hydrogen-bond acceptors (Lipinski definition) is 2. The lowest BCUT2D eigenvalue weighted by Crippen LogP contribution is -2.30. The molecule has 0 radical (unpaired) electrons. The molecule has 0 saturated carbocycles. The fourth-order valence-electron chi connectivity index (χ4n) is 2.21. The monoisotopic (exact) mass is 263 g/mol. The molecule has 0 spiro atoms. The van der Waals surface area contributed by atoms with Crippen LogP contribution in [0.1, 0.15) is 18.5 Å². The molecule has 0 aliphatic rings. The Morgan fingerprint density at radius 3 is 2.72 bits per heavy atom. The molecule has 1 amide bonds. The van der Waals surface area contributed by atoms with Gasteiger partial charge in [-0.25, -0.2) is 0 Å². The zero-order chi connectivity index (χ0) is 13.4. The predicted octanol–water partition coefficient (Wildman–Crippen LogP) is 2.66. The van der Waals surface area contributed by atoms with Gasteiger partial charge in [-0.15, -0.1) is 0 Å². The molecule has 1 aromatic heterocycles. The summed E-state index contributed by atoms with van der Waals surface area (Å²) in [4.78, 5) is 16.8. The molecule has 96 valence electrons. The highest BCUT2D eigenvalue weighted by molar-refractivity contribution is 7.71. The first-order valence-corrected chi connectivity index (χ1v) is 6.25. The molecule has 1 atom stereocenters. The number of aryl methyl sites for hydroxylation is 1. The van der Waals surface area contributed by atoms with E-state index in [0.717, 1.165) is 16.6 Å². The molecule has 1 N–H and O–H groups in total. The fourth-order valence-corrected chi connectivity index (χ4v) is 2.57. The lowest BCUT2D eigenvalue weighted by Gasteiger charge is -2.19. The van der Waals surface area contributed by atoms with E-state index in [4.69, 9.17) is 12.2 Å². The fraction of sp³-hybridized carbons (Fsp3) is 0.385. The molecular formula is C13H17N3OS. The summed E-state index contributed by atoms with van der Waals surface area (Å²) in [5.74, 6) is 0.0373. The molecule has 0 bridgehead atoms. The van der Waals surface area contributed by atoms with Crippen molar-refractivity contribution < 1.29 is 4.79 Å². The average Bonchev–Trinajstić information content (AvgIpc) is 2.64. The third kappa shape index (κ3) is 1.95. The number of imidazole rings is 1. The predicted molar refractivity (Wildman–Crippen MR) is 75.3 cm³/mol. The standard InChI is InChI=1S/C13H17N3OS/c1-8-6-5-7-10-11(8)16(13(18)14-10)9(2)12(17)15(3)4/h5-7,9H,1-4H3,(H,14,18). The number of likely N-dealkylation sites (N-methyl/N-ethyl adjacent to an activating group) is 1. The Morgan fingerprint density at radius 2 is 2.11 bits per heavy atom. The molecule has 5 heteroatoms. The van der Waals surface area contributed by atoms with Crippen molar-refractivity contribution >= 4 is 29.2 Å². The second-order valence-corrected chi connectivity index (χ2v) is 5.07. The van der Waals surface area contributed by atoms with Gasteiger partial charge in [0.05, 0.1) is 11.0 Å². The highest BCUT2D eigenvalue weighted by Gasteiger charge is 2.20. The van der Waals surface area contributed by atoms with Crippen molar-refractivity contribution in [3.63, 3.8) is 0 Å². The molecule has 1 heterocycles. The number of H-pyrrole nitrogens is 1. The molecule has 4 nitrogen and oxygen atoms in total. The summed E-state index contributed by atoms with van der Waals surface area (Å²) in [6.07, 6.45) is 0. The number of fused-ring (bicyclic) bond motifs is 1. The molecule has 0 saturated heterocycles. The first-order valence-electron chi connectivity index (χ1n) is 5.84. The number of aromatic amines is 1. The van der Waals surface area contributed by atoms with Crippen LogP contribution in [-0.4, -0.2) is 34.5 Å². The third-order valence-corrected chi connectivity index (χ3v) is 3.42. The van der Waals surface area contributed by atoms with Crippen LogP contribution in [0.4, 0.5) is 0 Å². The SMILES string of the molecule is Cc1cccc2[nH]c(=S)n(C(C)C(=O)N(C)C)c12. The summed E-state index contributed by atoms with van der Waals surface area (Å²) in [6, 6.07) is 5.67. The zero-order valence-electron chi connectivity index (χ0n) is 11.0. The van der Waals surface area contributed by atoms with E-state index in [9.17, 15) is 4.79 Å². The lowest BCUT2D eigenvalue weighted by atomic mass is 10.2. The first-order chi connectivity index (χ1) is 8.43. The van der Waals surface area contributed by atoms with Crippen LogP contribution in [0.2, 0.25) is 0 Å². The van der Waals surface area contributed by atoms with Gasteiger partial charge in [-0.2, -0.15) is 0 Å². The van der Waals surface area contributed by atoms with E-state index >= 15 is 0 Å². The second kappa shape index (κ2) is 4.57. The van der Waals surface area contributed by atoms with E-state index in [1.165, 1.54) is 0 Å². The molecular weight excluding hydrogens is 246 g/mol. The van der Waals surface area contributed by atoms with Crippen molar-refractivity contribution in [2.75, 3.05) is 14.1 Å². The van der Waals surface area contributed by atoms with Crippen LogP contribution in [0.15, 0.2) is 18.2 Å². The Balaban J connectivity index is 2.68. The van der Waals surface area contributed by atoms with Crippen molar-refractivity contribution in [2.45, 2.75) is 19.9 Å². The Bertz CT molecular complexity index is 654. The largest absolute Gasteiger partial charge is 0.347 e. The van der Waals surface area contributed by atoms with Gasteiger partial charge in [-0.3, -0.25) is 4.79 Å². The van der Waals surface area contributed by atoms with Gasteiger partial charge < -0.3 is 14.5 Å². The van der Waals surface area contributed by atoms with Crippen molar-refractivity contribution in [1.82, 2.24) is 14.5 Å². The molecule has 0 fully saturated rings. The van der Waals surface area contributed by atoms with Crippen LogP contribution in [0.25, 0.3) is 11.0 Å². The Hall–Kier alpha value is -1.62. The topological polar surface area (TPSA) is 41.0 Å². The van der Waals surface area contributed by atoms with Crippen LogP contribution in [0.5, 0.6) is 0 Å². The van der Waals surface area contributed by atoms with Crippen LogP contribution in [0.3, 0.4) is 0 Å². The molecule has 18 heavy (non-hydrogen) atoms. The minimum absolute atomic E-state index is 0.0373. The summed E-state index contributed by atoms with van der Waals surface area (Å²) < 4.78 is 2.48. The summed E-state index contributed by atoms with van der Waals surface area (Å²) in [7, 11) is 3.51. The number of nitrogens with zero attached hydrogens (tertiary/aromatic N) is 2. The quantitative estimate of drug-likeness (QED) is 0.846. The Labute approximate surface area is 111 Å². The maximum Gasteiger partial charge on any atom is 0.244 e. The van der Waals surface area contributed by atoms with Crippen LogP contribution < -0.4 is 0 Å². The highest BCUT2D eigenvalue weighted by atomic mass is 32.1. The van der Waals surface area contributed by atoms with Gasteiger partial charge in [0.15, 0.2) is 4.77 Å². The number of hydrogen-bond donors (Lipinski definition) is 1. The van der Waals surface area contributed by atoms with Crippen molar-refractivity contribution in [2.24, 2.45) is 0 Å². The van der Waals surface area contributed by atoms with E-state index in [2.05, 4.69) is 4.98 Å². The number of carbonyl (C=O) groups is 1. The van der Waals surface area contributed by atoms with Gasteiger partial charge in [0.2, 0.25) is 5.91 Å². The number of benzene rings is 1. The maximum absolute atomic E-state index is 12.1. The van der Waals surface area contributed by atoms with Crippen LogP contribution in [0, 0.1) is 11.7 Å². The van der Waals surface area contributed by atoms with Crippen molar-refractivity contribution in [1.29, 1.82) is 0 Å². The number of aromatic nitrogens is 2.